The van der Waals surface area contributed by atoms with Crippen molar-refractivity contribution >= 4 is 11.3 Å². The van der Waals surface area contributed by atoms with E-state index in [9.17, 15) is 0 Å². The van der Waals surface area contributed by atoms with Crippen LogP contribution in [0.25, 0.3) is 0 Å². The van der Waals surface area contributed by atoms with Gasteiger partial charge < -0.3 is 10.1 Å². The molecule has 19 heavy (non-hydrogen) atoms. The Labute approximate surface area is 119 Å². The number of nitrogens with zero attached hydrogens (tertiary/aromatic N) is 1. The van der Waals surface area contributed by atoms with E-state index in [1.807, 2.05) is 11.3 Å². The summed E-state index contributed by atoms with van der Waals surface area (Å²) < 4.78 is 5.69. The molecule has 106 valence electrons. The van der Waals surface area contributed by atoms with Crippen LogP contribution in [0.2, 0.25) is 0 Å². The van der Waals surface area contributed by atoms with Gasteiger partial charge in [0.15, 0.2) is 0 Å². The summed E-state index contributed by atoms with van der Waals surface area (Å²) in [6.45, 7) is 4.11. The van der Waals surface area contributed by atoms with Crippen molar-refractivity contribution in [1.29, 1.82) is 0 Å². The molecule has 1 saturated carbocycles. The Balaban J connectivity index is 1.42. The average molecular weight is 280 g/mol. The molecule has 1 unspecified atom stereocenters. The quantitative estimate of drug-likeness (QED) is 0.831. The van der Waals surface area contributed by atoms with Crippen LogP contribution in [0.5, 0.6) is 0 Å². The van der Waals surface area contributed by atoms with Crippen LogP contribution in [0.3, 0.4) is 0 Å². The van der Waals surface area contributed by atoms with Gasteiger partial charge in [-0.1, -0.05) is 0 Å². The van der Waals surface area contributed by atoms with Gasteiger partial charge >= 0.3 is 0 Å². The molecule has 1 atom stereocenters. The molecule has 0 bridgehead atoms. The average Bonchev–Trinajstić information content (AvgIpc) is 2.88. The molecule has 1 aliphatic carbocycles. The molecule has 1 saturated heterocycles. The molecule has 0 spiro atoms. The van der Waals surface area contributed by atoms with E-state index in [-0.39, 0.29) is 0 Å². The van der Waals surface area contributed by atoms with Gasteiger partial charge in [-0.3, -0.25) is 4.90 Å². The Hall–Kier alpha value is -0.420. The number of hydrogen-bond acceptors (Lipinski definition) is 4. The molecule has 0 aromatic carbocycles. The number of likely N-dealkylation sites (N-methyl/N-ethyl adjacent to an activating group) is 1. The molecule has 1 aliphatic heterocycles. The summed E-state index contributed by atoms with van der Waals surface area (Å²) in [6.07, 6.45) is 5.64. The lowest BCUT2D eigenvalue weighted by molar-refractivity contribution is 0.0796. The normalized spacial score (nSPS) is 23.4. The summed E-state index contributed by atoms with van der Waals surface area (Å²) in [5.41, 5.74) is 0. The van der Waals surface area contributed by atoms with Crippen LogP contribution in [0.4, 0.5) is 0 Å². The highest BCUT2D eigenvalue weighted by molar-refractivity contribution is 7.11. The largest absolute Gasteiger partial charge is 0.377 e. The van der Waals surface area contributed by atoms with Crippen molar-refractivity contribution < 1.29 is 4.74 Å². The maximum absolute atomic E-state index is 5.69. The van der Waals surface area contributed by atoms with Crippen LogP contribution >= 0.6 is 11.3 Å². The lowest BCUT2D eigenvalue weighted by Gasteiger charge is -2.19. The number of ether oxygens (including phenoxy) is 1. The molecule has 4 heteroatoms. The maximum Gasteiger partial charge on any atom is 0.0702 e. The van der Waals surface area contributed by atoms with Crippen molar-refractivity contribution in [2.24, 2.45) is 0 Å². The van der Waals surface area contributed by atoms with Crippen LogP contribution in [-0.2, 0) is 17.8 Å². The van der Waals surface area contributed by atoms with E-state index in [1.165, 1.54) is 35.4 Å². The molecule has 1 aromatic heterocycles. The molecule has 0 amide bonds. The fourth-order valence-electron chi connectivity index (χ4n) is 2.60. The molecule has 1 aromatic rings. The zero-order valence-corrected chi connectivity index (χ0v) is 12.5. The molecule has 2 heterocycles. The standard InChI is InChI=1S/C15H24N2OS/c1-17(10-13-3-2-8-18-13)11-15-7-6-14(19-15)9-16-12-4-5-12/h6-7,12-13,16H,2-5,8-11H2,1H3. The minimum atomic E-state index is 0.459. The molecule has 1 N–H and O–H groups in total. The highest BCUT2D eigenvalue weighted by atomic mass is 32.1. The number of nitrogens with one attached hydrogen (secondary N) is 1. The van der Waals surface area contributed by atoms with E-state index in [0.29, 0.717) is 6.10 Å². The van der Waals surface area contributed by atoms with E-state index in [4.69, 9.17) is 4.74 Å². The van der Waals surface area contributed by atoms with Crippen molar-refractivity contribution in [2.45, 2.75) is 50.9 Å². The van der Waals surface area contributed by atoms with E-state index >= 15 is 0 Å². The van der Waals surface area contributed by atoms with E-state index < -0.39 is 0 Å². The minimum Gasteiger partial charge on any atom is -0.377 e. The first-order valence-corrected chi connectivity index (χ1v) is 8.22. The Morgan fingerprint density at radius 3 is 2.89 bits per heavy atom. The van der Waals surface area contributed by atoms with Crippen molar-refractivity contribution in [1.82, 2.24) is 10.2 Å². The third-order valence-electron chi connectivity index (χ3n) is 3.82. The molecule has 3 nitrogen and oxygen atoms in total. The van der Waals surface area contributed by atoms with Crippen LogP contribution in [0, 0.1) is 0 Å². The fraction of sp³-hybridized carbons (Fsp3) is 0.733. The zero-order chi connectivity index (χ0) is 13.1. The lowest BCUT2D eigenvalue weighted by atomic mass is 10.2. The molecule has 2 aliphatic rings. The predicted octanol–water partition coefficient (Wildman–Crippen LogP) is 2.61. The van der Waals surface area contributed by atoms with Gasteiger partial charge in [0, 0.05) is 42.0 Å². The van der Waals surface area contributed by atoms with Crippen LogP contribution in [0.15, 0.2) is 12.1 Å². The van der Waals surface area contributed by atoms with E-state index in [2.05, 4.69) is 29.4 Å². The van der Waals surface area contributed by atoms with Crippen LogP contribution in [0.1, 0.15) is 35.4 Å². The second kappa shape index (κ2) is 6.35. The van der Waals surface area contributed by atoms with Gasteiger partial charge in [-0.25, -0.2) is 0 Å². The van der Waals surface area contributed by atoms with Crippen LogP contribution < -0.4 is 5.32 Å². The molecular formula is C15H24N2OS. The van der Waals surface area contributed by atoms with E-state index in [0.717, 1.165) is 32.3 Å². The second-order valence-corrected chi connectivity index (χ2v) is 7.11. The Morgan fingerprint density at radius 1 is 1.32 bits per heavy atom. The summed E-state index contributed by atoms with van der Waals surface area (Å²) in [6, 6.07) is 5.35. The van der Waals surface area contributed by atoms with Crippen LogP contribution in [-0.4, -0.2) is 37.2 Å². The first kappa shape index (κ1) is 13.6. The predicted molar refractivity (Wildman–Crippen MR) is 79.5 cm³/mol. The summed E-state index contributed by atoms with van der Waals surface area (Å²) in [4.78, 5) is 5.32. The Kier molecular flexibility index (Phi) is 4.53. The fourth-order valence-corrected chi connectivity index (χ4v) is 3.65. The molecular weight excluding hydrogens is 256 g/mol. The highest BCUT2D eigenvalue weighted by Crippen LogP contribution is 2.22. The number of rotatable bonds is 7. The smallest absolute Gasteiger partial charge is 0.0702 e. The third-order valence-corrected chi connectivity index (χ3v) is 4.89. The molecule has 2 fully saturated rings. The topological polar surface area (TPSA) is 24.5 Å². The first-order valence-electron chi connectivity index (χ1n) is 7.41. The van der Waals surface area contributed by atoms with Gasteiger partial charge in [-0.05, 0) is 44.9 Å². The summed E-state index contributed by atoms with van der Waals surface area (Å²) in [5.74, 6) is 0. The van der Waals surface area contributed by atoms with Crippen molar-refractivity contribution in [3.63, 3.8) is 0 Å². The van der Waals surface area contributed by atoms with Crippen molar-refractivity contribution in [3.05, 3.63) is 21.9 Å². The molecule has 3 rings (SSSR count). The Morgan fingerprint density at radius 2 is 2.16 bits per heavy atom. The lowest BCUT2D eigenvalue weighted by Crippen LogP contribution is -2.27. The molecule has 0 radical (unpaired) electrons. The van der Waals surface area contributed by atoms with Gasteiger partial charge in [-0.2, -0.15) is 0 Å². The second-order valence-electron chi connectivity index (χ2n) is 5.85. The van der Waals surface area contributed by atoms with Gasteiger partial charge in [0.25, 0.3) is 0 Å². The Bertz CT molecular complexity index is 397. The minimum absolute atomic E-state index is 0.459. The van der Waals surface area contributed by atoms with E-state index in [1.54, 1.807) is 0 Å². The summed E-state index contributed by atoms with van der Waals surface area (Å²) >= 11 is 1.94. The maximum atomic E-state index is 5.69. The van der Waals surface area contributed by atoms with Gasteiger partial charge in [0.05, 0.1) is 6.10 Å². The summed E-state index contributed by atoms with van der Waals surface area (Å²) in [7, 11) is 2.20. The SMILES string of the molecule is CN(Cc1ccc(CNC2CC2)s1)CC1CCCO1. The highest BCUT2D eigenvalue weighted by Gasteiger charge is 2.20. The first-order chi connectivity index (χ1) is 9.29. The van der Waals surface area contributed by atoms with Gasteiger partial charge in [-0.15, -0.1) is 11.3 Å². The van der Waals surface area contributed by atoms with Gasteiger partial charge in [0.2, 0.25) is 0 Å². The monoisotopic (exact) mass is 280 g/mol. The third kappa shape index (κ3) is 4.28. The van der Waals surface area contributed by atoms with Crippen molar-refractivity contribution in [2.75, 3.05) is 20.2 Å². The number of thiophene rings is 1. The van der Waals surface area contributed by atoms with Crippen molar-refractivity contribution in [3.8, 4) is 0 Å². The summed E-state index contributed by atoms with van der Waals surface area (Å²) in [5, 5.41) is 3.58. The number of hydrogen-bond donors (Lipinski definition) is 1. The van der Waals surface area contributed by atoms with Gasteiger partial charge in [0.1, 0.15) is 0 Å². The zero-order valence-electron chi connectivity index (χ0n) is 11.7.